The average molecular weight is 192 g/mol. The Hall–Kier alpha value is -0.820. The van der Waals surface area contributed by atoms with Crippen LogP contribution in [0.3, 0.4) is 0 Å². The van der Waals surface area contributed by atoms with Gasteiger partial charge in [0.25, 0.3) is 0 Å². The van der Waals surface area contributed by atoms with Gasteiger partial charge in [0, 0.05) is 0 Å². The first-order valence-corrected chi connectivity index (χ1v) is 5.36. The lowest BCUT2D eigenvalue weighted by atomic mass is 9.84. The zero-order valence-electron chi connectivity index (χ0n) is 9.33. The van der Waals surface area contributed by atoms with E-state index in [1.165, 1.54) is 0 Å². The minimum atomic E-state index is -0.643. The van der Waals surface area contributed by atoms with Gasteiger partial charge >= 0.3 is 0 Å². The van der Waals surface area contributed by atoms with Gasteiger partial charge in [-0.1, -0.05) is 51.1 Å². The molecule has 0 aliphatic rings. The van der Waals surface area contributed by atoms with Gasteiger partial charge in [-0.2, -0.15) is 0 Å². The lowest BCUT2D eigenvalue weighted by Gasteiger charge is -2.29. The van der Waals surface area contributed by atoms with Crippen molar-refractivity contribution in [2.75, 3.05) is 0 Å². The van der Waals surface area contributed by atoms with Crippen molar-refractivity contribution >= 4 is 0 Å². The van der Waals surface area contributed by atoms with Crippen molar-refractivity contribution in [3.63, 3.8) is 0 Å². The fraction of sp³-hybridized carbons (Fsp3) is 0.538. The molecule has 0 radical (unpaired) electrons. The van der Waals surface area contributed by atoms with Crippen LogP contribution in [-0.4, -0.2) is 5.11 Å². The van der Waals surface area contributed by atoms with E-state index < -0.39 is 5.60 Å². The second kappa shape index (κ2) is 4.61. The summed E-state index contributed by atoms with van der Waals surface area (Å²) >= 11 is 0. The van der Waals surface area contributed by atoms with Crippen LogP contribution in [0.25, 0.3) is 0 Å². The molecule has 1 unspecified atom stereocenters. The predicted molar refractivity (Wildman–Crippen MR) is 60.1 cm³/mol. The van der Waals surface area contributed by atoms with Crippen LogP contribution in [0.1, 0.15) is 39.2 Å². The summed E-state index contributed by atoms with van der Waals surface area (Å²) in [7, 11) is 0. The normalized spacial score (nSPS) is 15.5. The van der Waals surface area contributed by atoms with Crippen molar-refractivity contribution in [2.45, 2.75) is 39.2 Å². The highest BCUT2D eigenvalue weighted by atomic mass is 16.3. The SMILES string of the molecule is CCC(O)(CC(C)C)c1ccccc1. The van der Waals surface area contributed by atoms with E-state index in [4.69, 9.17) is 0 Å². The fourth-order valence-corrected chi connectivity index (χ4v) is 1.89. The van der Waals surface area contributed by atoms with Crippen molar-refractivity contribution in [1.29, 1.82) is 0 Å². The Morgan fingerprint density at radius 1 is 1.21 bits per heavy atom. The summed E-state index contributed by atoms with van der Waals surface area (Å²) in [6.07, 6.45) is 1.60. The summed E-state index contributed by atoms with van der Waals surface area (Å²) in [6.45, 7) is 6.32. The summed E-state index contributed by atoms with van der Waals surface area (Å²) in [4.78, 5) is 0. The van der Waals surface area contributed by atoms with Gasteiger partial charge in [-0.3, -0.25) is 0 Å². The number of aliphatic hydroxyl groups is 1. The first-order valence-electron chi connectivity index (χ1n) is 5.36. The van der Waals surface area contributed by atoms with Crippen molar-refractivity contribution in [3.8, 4) is 0 Å². The van der Waals surface area contributed by atoms with E-state index in [9.17, 15) is 5.11 Å². The van der Waals surface area contributed by atoms with Crippen LogP contribution in [0.5, 0.6) is 0 Å². The van der Waals surface area contributed by atoms with Crippen molar-refractivity contribution in [3.05, 3.63) is 35.9 Å². The molecule has 0 aliphatic heterocycles. The first-order chi connectivity index (χ1) is 6.58. The molecule has 0 heterocycles. The molecule has 0 saturated heterocycles. The lowest BCUT2D eigenvalue weighted by Crippen LogP contribution is -2.26. The van der Waals surface area contributed by atoms with Crippen molar-refractivity contribution in [2.24, 2.45) is 5.92 Å². The molecular weight excluding hydrogens is 172 g/mol. The van der Waals surface area contributed by atoms with Crippen molar-refractivity contribution < 1.29 is 5.11 Å². The Kier molecular flexibility index (Phi) is 3.70. The minimum Gasteiger partial charge on any atom is -0.385 e. The van der Waals surface area contributed by atoms with E-state index >= 15 is 0 Å². The zero-order chi connectivity index (χ0) is 10.6. The van der Waals surface area contributed by atoms with Crippen molar-refractivity contribution in [1.82, 2.24) is 0 Å². The molecule has 1 atom stereocenters. The highest BCUT2D eigenvalue weighted by Crippen LogP contribution is 2.31. The molecule has 0 saturated carbocycles. The smallest absolute Gasteiger partial charge is 0.0896 e. The van der Waals surface area contributed by atoms with E-state index in [2.05, 4.69) is 13.8 Å². The summed E-state index contributed by atoms with van der Waals surface area (Å²) < 4.78 is 0. The molecule has 0 amide bonds. The molecule has 0 fully saturated rings. The standard InChI is InChI=1S/C13H20O/c1-4-13(14,10-11(2)3)12-8-6-5-7-9-12/h5-9,11,14H,4,10H2,1-3H3. The Bertz CT molecular complexity index is 266. The third-order valence-corrected chi connectivity index (χ3v) is 2.64. The molecule has 14 heavy (non-hydrogen) atoms. The molecule has 1 aromatic rings. The number of hydrogen-bond acceptors (Lipinski definition) is 1. The molecule has 1 nitrogen and oxygen atoms in total. The quantitative estimate of drug-likeness (QED) is 0.775. The maximum atomic E-state index is 10.5. The lowest BCUT2D eigenvalue weighted by molar-refractivity contribution is 0.0113. The van der Waals surface area contributed by atoms with Crippen LogP contribution in [0.15, 0.2) is 30.3 Å². The first kappa shape index (κ1) is 11.3. The molecule has 78 valence electrons. The highest BCUT2D eigenvalue weighted by Gasteiger charge is 2.27. The topological polar surface area (TPSA) is 20.2 Å². The van der Waals surface area contributed by atoms with Crippen LogP contribution < -0.4 is 0 Å². The molecule has 1 heteroatoms. The van der Waals surface area contributed by atoms with Crippen LogP contribution >= 0.6 is 0 Å². The summed E-state index contributed by atoms with van der Waals surface area (Å²) in [6, 6.07) is 9.96. The van der Waals surface area contributed by atoms with Crippen LogP contribution in [-0.2, 0) is 5.60 Å². The molecule has 0 bridgehead atoms. The molecule has 0 spiro atoms. The van der Waals surface area contributed by atoms with Gasteiger partial charge in [0.1, 0.15) is 0 Å². The van der Waals surface area contributed by atoms with Gasteiger partial charge in [-0.15, -0.1) is 0 Å². The number of rotatable bonds is 4. The van der Waals surface area contributed by atoms with E-state index in [1.807, 2.05) is 37.3 Å². The monoisotopic (exact) mass is 192 g/mol. The van der Waals surface area contributed by atoms with Gasteiger partial charge in [0.2, 0.25) is 0 Å². The van der Waals surface area contributed by atoms with E-state index in [-0.39, 0.29) is 0 Å². The molecular formula is C13H20O. The summed E-state index contributed by atoms with van der Waals surface area (Å²) in [5.74, 6) is 0.514. The third kappa shape index (κ3) is 2.58. The van der Waals surface area contributed by atoms with Gasteiger partial charge in [0.15, 0.2) is 0 Å². The van der Waals surface area contributed by atoms with Gasteiger partial charge in [-0.25, -0.2) is 0 Å². The van der Waals surface area contributed by atoms with E-state index in [1.54, 1.807) is 0 Å². The number of benzene rings is 1. The average Bonchev–Trinajstić information content (AvgIpc) is 2.18. The van der Waals surface area contributed by atoms with Crippen LogP contribution in [0, 0.1) is 5.92 Å². The molecule has 1 N–H and O–H groups in total. The predicted octanol–water partition coefficient (Wildman–Crippen LogP) is 3.33. The summed E-state index contributed by atoms with van der Waals surface area (Å²) in [5.41, 5.74) is 0.395. The van der Waals surface area contributed by atoms with Gasteiger partial charge < -0.3 is 5.11 Å². The second-order valence-electron chi connectivity index (χ2n) is 4.35. The maximum absolute atomic E-state index is 10.5. The zero-order valence-corrected chi connectivity index (χ0v) is 9.33. The number of hydrogen-bond donors (Lipinski definition) is 1. The maximum Gasteiger partial charge on any atom is 0.0896 e. The Balaban J connectivity index is 2.90. The Labute approximate surface area is 86.8 Å². The largest absolute Gasteiger partial charge is 0.385 e. The molecule has 1 aromatic carbocycles. The fourth-order valence-electron chi connectivity index (χ4n) is 1.89. The third-order valence-electron chi connectivity index (χ3n) is 2.64. The van der Waals surface area contributed by atoms with Crippen LogP contribution in [0.4, 0.5) is 0 Å². The van der Waals surface area contributed by atoms with Gasteiger partial charge in [0.05, 0.1) is 5.60 Å². The Morgan fingerprint density at radius 2 is 1.79 bits per heavy atom. The molecule has 1 rings (SSSR count). The van der Waals surface area contributed by atoms with E-state index in [0.717, 1.165) is 18.4 Å². The molecule has 0 aromatic heterocycles. The van der Waals surface area contributed by atoms with E-state index in [0.29, 0.717) is 5.92 Å². The second-order valence-corrected chi connectivity index (χ2v) is 4.35. The molecule has 0 aliphatic carbocycles. The highest BCUT2D eigenvalue weighted by molar-refractivity contribution is 5.22. The summed E-state index contributed by atoms with van der Waals surface area (Å²) in [5, 5.41) is 10.5. The minimum absolute atomic E-state index is 0.514. The van der Waals surface area contributed by atoms with Crippen LogP contribution in [0.2, 0.25) is 0 Å². The Morgan fingerprint density at radius 3 is 2.21 bits per heavy atom. The van der Waals surface area contributed by atoms with Gasteiger partial charge in [-0.05, 0) is 24.3 Å².